The van der Waals surface area contributed by atoms with Crippen LogP contribution in [0.2, 0.25) is 0 Å². The Morgan fingerprint density at radius 1 is 0.903 bits per heavy atom. The van der Waals surface area contributed by atoms with Gasteiger partial charge < -0.3 is 5.32 Å². The van der Waals surface area contributed by atoms with Crippen molar-refractivity contribution in [1.82, 2.24) is 4.98 Å². The van der Waals surface area contributed by atoms with Crippen LogP contribution in [-0.2, 0) is 20.0 Å². The predicted octanol–water partition coefficient (Wildman–Crippen LogP) is 2.53. The molecule has 0 saturated heterocycles. The third-order valence-electron chi connectivity index (χ3n) is 4.32. The van der Waals surface area contributed by atoms with Crippen LogP contribution in [0.15, 0.2) is 78.0 Å². The second-order valence-electron chi connectivity index (χ2n) is 6.57. The van der Waals surface area contributed by atoms with Gasteiger partial charge in [-0.2, -0.15) is 0 Å². The van der Waals surface area contributed by atoms with Crippen molar-refractivity contribution in [2.24, 2.45) is 0 Å². The molecule has 1 aromatic heterocycles. The van der Waals surface area contributed by atoms with E-state index in [1.165, 1.54) is 55.8 Å². The van der Waals surface area contributed by atoms with Gasteiger partial charge in [-0.3, -0.25) is 18.8 Å². The Morgan fingerprint density at radius 2 is 1.58 bits per heavy atom. The number of carbonyl (C=O) groups excluding carboxylic acids is 1. The topological polar surface area (TPSA) is 126 Å². The largest absolute Gasteiger partial charge is 0.322 e. The third-order valence-corrected chi connectivity index (χ3v) is 6.91. The van der Waals surface area contributed by atoms with E-state index in [4.69, 9.17) is 0 Å². The number of hydrogen-bond donors (Lipinski definition) is 2. The van der Waals surface area contributed by atoms with Gasteiger partial charge in [0, 0.05) is 18.9 Å². The number of nitrogens with zero attached hydrogens (tertiary/aromatic N) is 2. The minimum atomic E-state index is -3.82. The van der Waals surface area contributed by atoms with Gasteiger partial charge in [0.05, 0.1) is 34.3 Å². The lowest BCUT2D eigenvalue weighted by Gasteiger charge is -2.19. The van der Waals surface area contributed by atoms with Crippen LogP contribution in [0.25, 0.3) is 0 Å². The Hall–Kier alpha value is -3.44. The number of anilines is 3. The number of nitrogens with one attached hydrogen (secondary N) is 2. The van der Waals surface area contributed by atoms with Crippen molar-refractivity contribution in [3.05, 3.63) is 78.6 Å². The van der Waals surface area contributed by atoms with E-state index in [0.29, 0.717) is 11.4 Å². The molecule has 0 saturated carbocycles. The molecule has 0 atom stereocenters. The van der Waals surface area contributed by atoms with Crippen molar-refractivity contribution in [2.75, 3.05) is 27.6 Å². The summed E-state index contributed by atoms with van der Waals surface area (Å²) in [5, 5.41) is 2.65. The molecule has 1 heterocycles. The van der Waals surface area contributed by atoms with Crippen molar-refractivity contribution in [2.45, 2.75) is 4.90 Å². The zero-order valence-corrected chi connectivity index (χ0v) is 18.3. The number of para-hydroxylation sites is 1. The molecule has 3 rings (SSSR count). The van der Waals surface area contributed by atoms with Crippen LogP contribution < -0.4 is 14.3 Å². The number of benzene rings is 2. The zero-order valence-electron chi connectivity index (χ0n) is 16.7. The van der Waals surface area contributed by atoms with E-state index in [9.17, 15) is 21.6 Å². The molecule has 11 heteroatoms. The lowest BCUT2D eigenvalue weighted by molar-refractivity contribution is 0.102. The van der Waals surface area contributed by atoms with E-state index >= 15 is 0 Å². The molecule has 0 bridgehead atoms. The molecule has 0 aliphatic heterocycles. The molecule has 0 unspecified atom stereocenters. The summed E-state index contributed by atoms with van der Waals surface area (Å²) < 4.78 is 52.1. The molecule has 9 nitrogen and oxygen atoms in total. The van der Waals surface area contributed by atoms with Gasteiger partial charge in [0.25, 0.3) is 15.9 Å². The van der Waals surface area contributed by atoms with Crippen molar-refractivity contribution in [3.63, 3.8) is 0 Å². The predicted molar refractivity (Wildman–Crippen MR) is 119 cm³/mol. The molecule has 31 heavy (non-hydrogen) atoms. The molecule has 2 N–H and O–H groups in total. The molecule has 0 aliphatic carbocycles. The molecular weight excluding hydrogens is 440 g/mol. The Labute approximate surface area is 180 Å². The van der Waals surface area contributed by atoms with Crippen LogP contribution in [0.5, 0.6) is 0 Å². The summed E-state index contributed by atoms with van der Waals surface area (Å²) in [5.74, 6) is -0.532. The van der Waals surface area contributed by atoms with E-state index in [2.05, 4.69) is 15.0 Å². The highest BCUT2D eigenvalue weighted by Crippen LogP contribution is 2.23. The first-order chi connectivity index (χ1) is 14.6. The maximum Gasteiger partial charge on any atom is 0.261 e. The van der Waals surface area contributed by atoms with Crippen molar-refractivity contribution in [1.29, 1.82) is 0 Å². The molecule has 1 amide bonds. The summed E-state index contributed by atoms with van der Waals surface area (Å²) >= 11 is 0. The maximum absolute atomic E-state index is 12.7. The average Bonchev–Trinajstić information content (AvgIpc) is 2.73. The van der Waals surface area contributed by atoms with E-state index in [-0.39, 0.29) is 16.1 Å². The standard InChI is InChI=1S/C20H20N4O5S2/c1-24(30(2,26)27)19-8-4-3-7-18(19)20(25)22-15-9-11-17(12-10-15)31(28,29)23-16-6-5-13-21-14-16/h3-14,23H,1-2H3,(H,22,25). The second-order valence-corrected chi connectivity index (χ2v) is 10.3. The van der Waals surface area contributed by atoms with Gasteiger partial charge in [0.15, 0.2) is 0 Å². The fourth-order valence-electron chi connectivity index (χ4n) is 2.67. The Balaban J connectivity index is 1.79. The molecular formula is C20H20N4O5S2. The van der Waals surface area contributed by atoms with Gasteiger partial charge in [0.2, 0.25) is 10.0 Å². The fraction of sp³-hybridized carbons (Fsp3) is 0.100. The summed E-state index contributed by atoms with van der Waals surface area (Å²) in [7, 11) is -6.02. The lowest BCUT2D eigenvalue weighted by atomic mass is 10.1. The number of hydrogen-bond acceptors (Lipinski definition) is 6. The Morgan fingerprint density at radius 3 is 2.19 bits per heavy atom. The summed E-state index contributed by atoms with van der Waals surface area (Å²) in [6.07, 6.45) is 3.96. The minimum absolute atomic E-state index is 0.00608. The second kappa shape index (κ2) is 8.74. The lowest BCUT2D eigenvalue weighted by Crippen LogP contribution is -2.27. The van der Waals surface area contributed by atoms with Crippen LogP contribution in [0.1, 0.15) is 10.4 Å². The number of sulfonamides is 2. The van der Waals surface area contributed by atoms with Gasteiger partial charge in [-0.1, -0.05) is 12.1 Å². The fourth-order valence-corrected chi connectivity index (χ4v) is 4.23. The summed E-state index contributed by atoms with van der Waals surface area (Å²) in [5.41, 5.74) is 1.06. The number of amides is 1. The SMILES string of the molecule is CN(c1ccccc1C(=O)Nc1ccc(S(=O)(=O)Nc2cccnc2)cc1)S(C)(=O)=O. The smallest absolute Gasteiger partial charge is 0.261 e. The van der Waals surface area contributed by atoms with Crippen LogP contribution in [-0.4, -0.2) is 41.0 Å². The zero-order chi connectivity index (χ0) is 22.6. The minimum Gasteiger partial charge on any atom is -0.322 e. The molecule has 0 aliphatic rings. The van der Waals surface area contributed by atoms with Gasteiger partial charge in [-0.15, -0.1) is 0 Å². The normalized spacial score (nSPS) is 11.5. The van der Waals surface area contributed by atoms with Gasteiger partial charge >= 0.3 is 0 Å². The molecule has 3 aromatic rings. The summed E-state index contributed by atoms with van der Waals surface area (Å²) in [6, 6.07) is 15.0. The highest BCUT2D eigenvalue weighted by molar-refractivity contribution is 7.92. The van der Waals surface area contributed by atoms with Crippen molar-refractivity contribution in [3.8, 4) is 0 Å². The van der Waals surface area contributed by atoms with E-state index in [0.717, 1.165) is 10.6 Å². The van der Waals surface area contributed by atoms with Crippen molar-refractivity contribution < 1.29 is 21.6 Å². The number of carbonyl (C=O) groups is 1. The van der Waals surface area contributed by atoms with Crippen LogP contribution >= 0.6 is 0 Å². The monoisotopic (exact) mass is 460 g/mol. The van der Waals surface area contributed by atoms with Gasteiger partial charge in [-0.05, 0) is 48.5 Å². The maximum atomic E-state index is 12.7. The van der Waals surface area contributed by atoms with Crippen LogP contribution in [0.4, 0.5) is 17.1 Å². The first kappa shape index (κ1) is 22.2. The first-order valence-corrected chi connectivity index (χ1v) is 12.3. The van der Waals surface area contributed by atoms with Crippen molar-refractivity contribution >= 4 is 43.0 Å². The Bertz CT molecular complexity index is 1290. The van der Waals surface area contributed by atoms with Crippen LogP contribution in [0, 0.1) is 0 Å². The number of pyridine rings is 1. The molecule has 162 valence electrons. The average molecular weight is 461 g/mol. The quantitative estimate of drug-likeness (QED) is 0.558. The van der Waals surface area contributed by atoms with Gasteiger partial charge in [-0.25, -0.2) is 16.8 Å². The highest BCUT2D eigenvalue weighted by atomic mass is 32.2. The highest BCUT2D eigenvalue weighted by Gasteiger charge is 2.20. The summed E-state index contributed by atoms with van der Waals surface area (Å²) in [6.45, 7) is 0. The molecule has 0 fully saturated rings. The Kier molecular flexibility index (Phi) is 6.27. The summed E-state index contributed by atoms with van der Waals surface area (Å²) in [4.78, 5) is 16.6. The first-order valence-electron chi connectivity index (χ1n) is 8.95. The van der Waals surface area contributed by atoms with E-state index in [1.54, 1.807) is 24.3 Å². The number of aromatic nitrogens is 1. The molecule has 2 aromatic carbocycles. The number of rotatable bonds is 7. The molecule has 0 radical (unpaired) electrons. The van der Waals surface area contributed by atoms with E-state index < -0.39 is 26.0 Å². The third kappa shape index (κ3) is 5.38. The van der Waals surface area contributed by atoms with Gasteiger partial charge in [0.1, 0.15) is 0 Å². The van der Waals surface area contributed by atoms with Crippen LogP contribution in [0.3, 0.4) is 0 Å². The van der Waals surface area contributed by atoms with E-state index in [1.807, 2.05) is 0 Å². The molecule has 0 spiro atoms.